The number of aromatic nitrogens is 2. The van der Waals surface area contributed by atoms with E-state index in [2.05, 4.69) is 10.4 Å². The Labute approximate surface area is 165 Å². The fraction of sp³-hybridized carbons (Fsp3) is 0.111. The third-order valence-corrected chi connectivity index (χ3v) is 4.51. The van der Waals surface area contributed by atoms with Crippen LogP contribution in [-0.2, 0) is 11.3 Å². The standard InChI is InChI=1S/C18H14Cl3N3O2/c19-13-8-15(21)16(9-14(13)20)26-11-18(25)23-17-6-7-22-24(17)10-12-4-2-1-3-5-12/h1-9H,10-11H2,(H,23,25). The molecular formula is C18H14Cl3N3O2. The van der Waals surface area contributed by atoms with Crippen molar-refractivity contribution in [2.45, 2.75) is 6.54 Å². The number of carbonyl (C=O) groups is 1. The van der Waals surface area contributed by atoms with Gasteiger partial charge in [-0.05, 0) is 11.6 Å². The van der Waals surface area contributed by atoms with Crippen LogP contribution in [0.15, 0.2) is 54.7 Å². The first-order valence-electron chi connectivity index (χ1n) is 7.66. The summed E-state index contributed by atoms with van der Waals surface area (Å²) in [7, 11) is 0. The maximum atomic E-state index is 12.2. The molecule has 0 atom stereocenters. The van der Waals surface area contributed by atoms with Crippen LogP contribution in [0.2, 0.25) is 15.1 Å². The summed E-state index contributed by atoms with van der Waals surface area (Å²) in [5, 5.41) is 7.88. The highest BCUT2D eigenvalue weighted by molar-refractivity contribution is 6.43. The van der Waals surface area contributed by atoms with Gasteiger partial charge in [0, 0.05) is 12.1 Å². The van der Waals surface area contributed by atoms with Crippen LogP contribution >= 0.6 is 34.8 Å². The summed E-state index contributed by atoms with van der Waals surface area (Å²) in [6.07, 6.45) is 1.62. The number of amides is 1. The van der Waals surface area contributed by atoms with Crippen molar-refractivity contribution in [2.24, 2.45) is 0 Å². The van der Waals surface area contributed by atoms with E-state index in [1.54, 1.807) is 16.9 Å². The van der Waals surface area contributed by atoms with E-state index in [0.717, 1.165) is 5.56 Å². The number of nitrogens with one attached hydrogen (secondary N) is 1. The number of ether oxygens (including phenoxy) is 1. The van der Waals surface area contributed by atoms with Gasteiger partial charge in [-0.15, -0.1) is 0 Å². The summed E-state index contributed by atoms with van der Waals surface area (Å²) >= 11 is 17.8. The van der Waals surface area contributed by atoms with Crippen LogP contribution in [-0.4, -0.2) is 22.3 Å². The Hall–Kier alpha value is -2.21. The molecule has 0 fully saturated rings. The number of anilines is 1. The van der Waals surface area contributed by atoms with Crippen molar-refractivity contribution in [3.8, 4) is 5.75 Å². The Morgan fingerprint density at radius 1 is 1.04 bits per heavy atom. The second kappa shape index (κ2) is 8.45. The molecule has 2 aromatic carbocycles. The van der Waals surface area contributed by atoms with Gasteiger partial charge in [0.2, 0.25) is 0 Å². The SMILES string of the molecule is O=C(COc1cc(Cl)c(Cl)cc1Cl)Nc1ccnn1Cc1ccccc1. The van der Waals surface area contributed by atoms with Gasteiger partial charge in [0.05, 0.1) is 27.8 Å². The molecule has 0 radical (unpaired) electrons. The molecule has 0 spiro atoms. The number of hydrogen-bond donors (Lipinski definition) is 1. The highest BCUT2D eigenvalue weighted by Gasteiger charge is 2.11. The highest BCUT2D eigenvalue weighted by atomic mass is 35.5. The fourth-order valence-corrected chi connectivity index (χ4v) is 2.85. The summed E-state index contributed by atoms with van der Waals surface area (Å²) in [5.74, 6) is 0.513. The molecule has 1 aromatic heterocycles. The van der Waals surface area contributed by atoms with Gasteiger partial charge >= 0.3 is 0 Å². The van der Waals surface area contributed by atoms with E-state index >= 15 is 0 Å². The van der Waals surface area contributed by atoms with E-state index in [1.807, 2.05) is 30.3 Å². The molecule has 0 aliphatic heterocycles. The molecule has 0 saturated heterocycles. The Balaban J connectivity index is 1.61. The highest BCUT2D eigenvalue weighted by Crippen LogP contribution is 2.33. The van der Waals surface area contributed by atoms with Gasteiger partial charge in [-0.25, -0.2) is 4.68 Å². The zero-order valence-electron chi connectivity index (χ0n) is 13.5. The molecule has 8 heteroatoms. The van der Waals surface area contributed by atoms with Gasteiger partial charge in [-0.3, -0.25) is 4.79 Å². The molecule has 3 aromatic rings. The molecule has 134 valence electrons. The van der Waals surface area contributed by atoms with E-state index in [1.165, 1.54) is 12.1 Å². The Morgan fingerprint density at radius 2 is 1.77 bits per heavy atom. The molecule has 3 rings (SSSR count). The lowest BCUT2D eigenvalue weighted by atomic mass is 10.2. The third kappa shape index (κ3) is 4.69. The lowest BCUT2D eigenvalue weighted by molar-refractivity contribution is -0.118. The Morgan fingerprint density at radius 3 is 2.54 bits per heavy atom. The van der Waals surface area contributed by atoms with Crippen molar-refractivity contribution in [3.05, 3.63) is 75.4 Å². The molecule has 0 bridgehead atoms. The second-order valence-electron chi connectivity index (χ2n) is 5.39. The molecule has 1 amide bonds. The molecule has 0 aliphatic rings. The third-order valence-electron chi connectivity index (χ3n) is 3.49. The Kier molecular flexibility index (Phi) is 6.04. The van der Waals surface area contributed by atoms with Gasteiger partial charge in [0.1, 0.15) is 11.6 Å². The van der Waals surface area contributed by atoms with E-state index in [0.29, 0.717) is 22.4 Å². The van der Waals surface area contributed by atoms with Crippen molar-refractivity contribution in [1.82, 2.24) is 9.78 Å². The minimum atomic E-state index is -0.345. The normalized spacial score (nSPS) is 10.6. The van der Waals surface area contributed by atoms with Crippen LogP contribution in [0.5, 0.6) is 5.75 Å². The predicted molar refractivity (Wildman–Crippen MR) is 103 cm³/mol. The number of hydrogen-bond acceptors (Lipinski definition) is 3. The topological polar surface area (TPSA) is 56.1 Å². The summed E-state index contributed by atoms with van der Waals surface area (Å²) in [6.45, 7) is 0.317. The number of carbonyl (C=O) groups excluding carboxylic acids is 1. The number of nitrogens with zero attached hydrogens (tertiary/aromatic N) is 2. The van der Waals surface area contributed by atoms with Crippen LogP contribution in [0.1, 0.15) is 5.56 Å². The van der Waals surface area contributed by atoms with E-state index in [9.17, 15) is 4.79 Å². The number of halogens is 3. The van der Waals surface area contributed by atoms with Gasteiger partial charge in [-0.2, -0.15) is 5.10 Å². The molecular weight excluding hydrogens is 397 g/mol. The average Bonchev–Trinajstić information content (AvgIpc) is 3.04. The largest absolute Gasteiger partial charge is 0.482 e. The van der Waals surface area contributed by atoms with Gasteiger partial charge in [0.15, 0.2) is 6.61 Å². The van der Waals surface area contributed by atoms with Crippen molar-refractivity contribution in [1.29, 1.82) is 0 Å². The van der Waals surface area contributed by atoms with E-state index in [-0.39, 0.29) is 23.3 Å². The molecule has 5 nitrogen and oxygen atoms in total. The Bertz CT molecular complexity index is 913. The maximum Gasteiger partial charge on any atom is 0.263 e. The predicted octanol–water partition coefficient (Wildman–Crippen LogP) is 4.91. The van der Waals surface area contributed by atoms with Crippen molar-refractivity contribution >= 4 is 46.5 Å². The van der Waals surface area contributed by atoms with Gasteiger partial charge < -0.3 is 10.1 Å². The van der Waals surface area contributed by atoms with Gasteiger partial charge in [-0.1, -0.05) is 65.1 Å². The number of rotatable bonds is 6. The first-order chi connectivity index (χ1) is 12.5. The van der Waals surface area contributed by atoms with Crippen LogP contribution in [0.3, 0.4) is 0 Å². The first kappa shape index (κ1) is 18.6. The molecule has 1 N–H and O–H groups in total. The summed E-state index contributed by atoms with van der Waals surface area (Å²) in [5.41, 5.74) is 1.07. The minimum absolute atomic E-state index is 0.228. The van der Waals surface area contributed by atoms with Crippen molar-refractivity contribution < 1.29 is 9.53 Å². The minimum Gasteiger partial charge on any atom is -0.482 e. The molecule has 0 saturated carbocycles. The van der Waals surface area contributed by atoms with Crippen LogP contribution in [0.25, 0.3) is 0 Å². The lowest BCUT2D eigenvalue weighted by Gasteiger charge is -2.11. The van der Waals surface area contributed by atoms with Crippen molar-refractivity contribution in [2.75, 3.05) is 11.9 Å². The fourth-order valence-electron chi connectivity index (χ4n) is 2.26. The summed E-state index contributed by atoms with van der Waals surface area (Å²) < 4.78 is 7.12. The monoisotopic (exact) mass is 409 g/mol. The number of benzene rings is 2. The zero-order valence-corrected chi connectivity index (χ0v) is 15.7. The molecule has 0 aliphatic carbocycles. The smallest absolute Gasteiger partial charge is 0.263 e. The van der Waals surface area contributed by atoms with Crippen LogP contribution in [0, 0.1) is 0 Å². The zero-order chi connectivity index (χ0) is 18.5. The summed E-state index contributed by atoms with van der Waals surface area (Å²) in [4.78, 5) is 12.2. The maximum absolute atomic E-state index is 12.2. The lowest BCUT2D eigenvalue weighted by Crippen LogP contribution is -2.22. The molecule has 26 heavy (non-hydrogen) atoms. The van der Waals surface area contributed by atoms with Crippen LogP contribution < -0.4 is 10.1 Å². The molecule has 0 unspecified atom stereocenters. The quantitative estimate of drug-likeness (QED) is 0.588. The summed E-state index contributed by atoms with van der Waals surface area (Å²) in [6, 6.07) is 14.5. The van der Waals surface area contributed by atoms with Gasteiger partial charge in [0.25, 0.3) is 5.91 Å². The average molecular weight is 411 g/mol. The van der Waals surface area contributed by atoms with Crippen molar-refractivity contribution in [3.63, 3.8) is 0 Å². The first-order valence-corrected chi connectivity index (χ1v) is 8.79. The van der Waals surface area contributed by atoms with Crippen LogP contribution in [0.4, 0.5) is 5.82 Å². The second-order valence-corrected chi connectivity index (χ2v) is 6.61. The van der Waals surface area contributed by atoms with E-state index < -0.39 is 0 Å². The van der Waals surface area contributed by atoms with E-state index in [4.69, 9.17) is 39.5 Å². The molecule has 1 heterocycles.